The Labute approximate surface area is 266 Å². The number of aryl methyl sites for hydroxylation is 2. The Kier molecular flexibility index (Phi) is 9.36. The van der Waals surface area contributed by atoms with Crippen molar-refractivity contribution in [2.24, 2.45) is 0 Å². The normalized spacial score (nSPS) is 11.1. The lowest BCUT2D eigenvalue weighted by Gasteiger charge is -2.13. The molecule has 0 unspecified atom stereocenters. The summed E-state index contributed by atoms with van der Waals surface area (Å²) in [5.41, 5.74) is 2.58. The summed E-state index contributed by atoms with van der Waals surface area (Å²) in [5, 5.41) is 10.7. The van der Waals surface area contributed by atoms with Crippen molar-refractivity contribution >= 4 is 55.9 Å². The van der Waals surface area contributed by atoms with Crippen LogP contribution in [-0.2, 0) is 17.8 Å². The van der Waals surface area contributed by atoms with E-state index in [-0.39, 0.29) is 27.5 Å². The van der Waals surface area contributed by atoms with Crippen LogP contribution in [0.15, 0.2) is 58.1 Å². The maximum absolute atomic E-state index is 15.3. The average Bonchev–Trinajstić information content (AvgIpc) is 3.34. The van der Waals surface area contributed by atoms with Crippen LogP contribution in [0.4, 0.5) is 19.3 Å². The smallest absolute Gasteiger partial charge is 0.343 e. The Morgan fingerprint density at radius 1 is 1.05 bits per heavy atom. The summed E-state index contributed by atoms with van der Waals surface area (Å²) in [4.78, 5) is 45.1. The molecule has 228 valence electrons. The van der Waals surface area contributed by atoms with E-state index in [1.165, 1.54) is 43.1 Å². The standard InChI is InChI=1S/C29H25F2IN6O5S/c1-15-24-26(39)38(22-8-9-23(42-2)35-34-22)29(41)37(14-19-20(30)12-16(10-11-32)13-21(19)31)27(24)44-25(15)17-4-6-18(7-5-17)33-28(40)36-43-3/h4-9,12-13H,10-11,14H2,1-3H3,(H2,33,36,40). The summed E-state index contributed by atoms with van der Waals surface area (Å²) in [7, 11) is 2.71. The van der Waals surface area contributed by atoms with E-state index in [0.717, 1.165) is 15.9 Å². The number of thiophene rings is 1. The van der Waals surface area contributed by atoms with Crippen molar-refractivity contribution in [2.45, 2.75) is 19.9 Å². The summed E-state index contributed by atoms with van der Waals surface area (Å²) >= 11 is 3.27. The predicted octanol–water partition coefficient (Wildman–Crippen LogP) is 4.97. The van der Waals surface area contributed by atoms with Crippen LogP contribution in [0.5, 0.6) is 5.88 Å². The average molecular weight is 735 g/mol. The zero-order valence-corrected chi connectivity index (χ0v) is 26.6. The van der Waals surface area contributed by atoms with Crippen LogP contribution < -0.4 is 26.8 Å². The van der Waals surface area contributed by atoms with Crippen molar-refractivity contribution in [3.8, 4) is 22.1 Å². The first-order valence-electron chi connectivity index (χ1n) is 13.1. The second-order valence-electron chi connectivity index (χ2n) is 9.49. The van der Waals surface area contributed by atoms with E-state index in [4.69, 9.17) is 4.74 Å². The number of benzene rings is 2. The van der Waals surface area contributed by atoms with Crippen LogP contribution in [0.2, 0.25) is 0 Å². The molecule has 5 rings (SSSR count). The fourth-order valence-electron chi connectivity index (χ4n) is 4.68. The third-order valence-electron chi connectivity index (χ3n) is 6.78. The van der Waals surface area contributed by atoms with E-state index in [1.807, 2.05) is 0 Å². The minimum Gasteiger partial charge on any atom is -0.480 e. The lowest BCUT2D eigenvalue weighted by Crippen LogP contribution is -2.39. The van der Waals surface area contributed by atoms with Crippen molar-refractivity contribution in [2.75, 3.05) is 24.0 Å². The van der Waals surface area contributed by atoms with Crippen LogP contribution in [0.3, 0.4) is 0 Å². The fourth-order valence-corrected chi connectivity index (χ4v) is 6.60. The quantitative estimate of drug-likeness (QED) is 0.124. The van der Waals surface area contributed by atoms with Crippen LogP contribution in [0, 0.1) is 18.6 Å². The molecule has 0 aliphatic carbocycles. The molecule has 0 radical (unpaired) electrons. The van der Waals surface area contributed by atoms with E-state index in [2.05, 4.69) is 48.4 Å². The van der Waals surface area contributed by atoms with Gasteiger partial charge in [-0.15, -0.1) is 21.5 Å². The van der Waals surface area contributed by atoms with Crippen molar-refractivity contribution in [3.05, 3.63) is 97.7 Å². The number of carbonyl (C=O) groups excluding carboxylic acids is 1. The minimum atomic E-state index is -0.839. The van der Waals surface area contributed by atoms with Crippen LogP contribution >= 0.6 is 33.9 Å². The van der Waals surface area contributed by atoms with Crippen molar-refractivity contribution in [1.82, 2.24) is 24.8 Å². The third kappa shape index (κ3) is 6.07. The number of rotatable bonds is 9. The second-order valence-corrected chi connectivity index (χ2v) is 11.6. The highest BCUT2D eigenvalue weighted by Gasteiger charge is 2.24. The first-order chi connectivity index (χ1) is 21.2. The number of ether oxygens (including phenoxy) is 1. The van der Waals surface area contributed by atoms with Crippen molar-refractivity contribution in [3.63, 3.8) is 0 Å². The molecule has 44 heavy (non-hydrogen) atoms. The number of hydroxylamine groups is 1. The van der Waals surface area contributed by atoms with Gasteiger partial charge in [-0.1, -0.05) is 34.7 Å². The van der Waals surface area contributed by atoms with E-state index in [1.54, 1.807) is 31.2 Å². The molecule has 0 aliphatic heterocycles. The van der Waals surface area contributed by atoms with Crippen LogP contribution in [-0.4, -0.2) is 44.0 Å². The first kappa shape index (κ1) is 31.2. The van der Waals surface area contributed by atoms with E-state index < -0.39 is 35.5 Å². The van der Waals surface area contributed by atoms with Gasteiger partial charge in [0.1, 0.15) is 16.5 Å². The molecule has 0 atom stereocenters. The van der Waals surface area contributed by atoms with Crippen LogP contribution in [0.1, 0.15) is 16.7 Å². The number of fused-ring (bicyclic) bond motifs is 1. The molecule has 3 aromatic heterocycles. The summed E-state index contributed by atoms with van der Waals surface area (Å²) in [6.45, 7) is 1.25. The number of anilines is 1. The molecule has 11 nitrogen and oxygen atoms in total. The molecule has 2 aromatic carbocycles. The molecule has 0 fully saturated rings. The number of aromatic nitrogens is 4. The summed E-state index contributed by atoms with van der Waals surface area (Å²) in [6, 6.07) is 11.6. The van der Waals surface area contributed by atoms with Gasteiger partial charge in [-0.3, -0.25) is 14.2 Å². The molecule has 0 saturated heterocycles. The maximum Gasteiger partial charge on any atom is 0.343 e. The topological polar surface area (TPSA) is 129 Å². The minimum absolute atomic E-state index is 0.0771. The van der Waals surface area contributed by atoms with Gasteiger partial charge in [0, 0.05) is 26.6 Å². The van der Waals surface area contributed by atoms with Gasteiger partial charge in [0.25, 0.3) is 5.56 Å². The van der Waals surface area contributed by atoms with E-state index >= 15 is 8.78 Å². The lowest BCUT2D eigenvalue weighted by molar-refractivity contribution is 0.114. The fraction of sp³-hybridized carbons (Fsp3) is 0.207. The molecule has 0 aliphatic rings. The van der Waals surface area contributed by atoms with Gasteiger partial charge in [-0.25, -0.2) is 28.4 Å². The first-order valence-corrected chi connectivity index (χ1v) is 15.4. The van der Waals surface area contributed by atoms with Crippen LogP contribution in [0.25, 0.3) is 26.5 Å². The Balaban J connectivity index is 1.71. The zero-order valence-electron chi connectivity index (χ0n) is 23.6. The summed E-state index contributed by atoms with van der Waals surface area (Å²) in [5.74, 6) is -1.49. The number of amides is 2. The number of alkyl halides is 1. The van der Waals surface area contributed by atoms with Crippen molar-refractivity contribution in [1.29, 1.82) is 0 Å². The highest BCUT2D eigenvalue weighted by molar-refractivity contribution is 14.1. The molecule has 2 amide bonds. The number of hydrogen-bond acceptors (Lipinski definition) is 8. The summed E-state index contributed by atoms with van der Waals surface area (Å²) in [6.07, 6.45) is 0.485. The van der Waals surface area contributed by atoms with Gasteiger partial charge in [0.05, 0.1) is 26.2 Å². The number of carbonyl (C=O) groups is 1. The number of urea groups is 1. The predicted molar refractivity (Wildman–Crippen MR) is 171 cm³/mol. The molecule has 15 heteroatoms. The Hall–Kier alpha value is -4.22. The highest BCUT2D eigenvalue weighted by atomic mass is 127. The largest absolute Gasteiger partial charge is 0.480 e. The van der Waals surface area contributed by atoms with Gasteiger partial charge in [0.15, 0.2) is 5.82 Å². The number of nitrogens with zero attached hydrogens (tertiary/aromatic N) is 4. The molecule has 5 aromatic rings. The molecule has 0 bridgehead atoms. The number of halogens is 3. The highest BCUT2D eigenvalue weighted by Crippen LogP contribution is 2.37. The molecule has 2 N–H and O–H groups in total. The monoisotopic (exact) mass is 734 g/mol. The molecular formula is C29H25F2IN6O5S. The van der Waals surface area contributed by atoms with Crippen molar-refractivity contribution < 1.29 is 23.1 Å². The molecular weight excluding hydrogens is 709 g/mol. The third-order valence-corrected chi connectivity index (χ3v) is 8.68. The van der Waals surface area contributed by atoms with Gasteiger partial charge in [0.2, 0.25) is 5.88 Å². The Morgan fingerprint density at radius 3 is 2.34 bits per heavy atom. The summed E-state index contributed by atoms with van der Waals surface area (Å²) < 4.78 is 38.3. The zero-order chi connectivity index (χ0) is 31.5. The Morgan fingerprint density at radius 2 is 1.75 bits per heavy atom. The molecule has 0 spiro atoms. The second kappa shape index (κ2) is 13.2. The number of methoxy groups -OCH3 is 1. The molecule has 0 saturated carbocycles. The number of nitrogens with one attached hydrogen (secondary N) is 2. The lowest BCUT2D eigenvalue weighted by atomic mass is 10.1. The Bertz CT molecular complexity index is 1950. The van der Waals surface area contributed by atoms with Gasteiger partial charge >= 0.3 is 11.7 Å². The van der Waals surface area contributed by atoms with E-state index in [0.29, 0.717) is 38.1 Å². The van der Waals surface area contributed by atoms with Gasteiger partial charge in [-0.05, 0) is 60.4 Å². The van der Waals surface area contributed by atoms with E-state index in [9.17, 15) is 14.4 Å². The van der Waals surface area contributed by atoms with Gasteiger partial charge in [-0.2, -0.15) is 0 Å². The number of hydrogen-bond donors (Lipinski definition) is 2. The van der Waals surface area contributed by atoms with Gasteiger partial charge < -0.3 is 10.1 Å². The maximum atomic E-state index is 15.3. The SMILES string of the molecule is CONC(=O)Nc1ccc(-c2sc3c(c2C)c(=O)n(-c2ccc(OC)nn2)c(=O)n3Cc2c(F)cc(CCI)cc2F)cc1. The molecule has 3 heterocycles.